The zero-order valence-electron chi connectivity index (χ0n) is 12.9. The molecule has 2 N–H and O–H groups in total. The Labute approximate surface area is 126 Å². The van der Waals surface area contributed by atoms with Crippen molar-refractivity contribution in [3.8, 4) is 0 Å². The van der Waals surface area contributed by atoms with Crippen LogP contribution in [0.15, 0.2) is 0 Å². The van der Waals surface area contributed by atoms with Gasteiger partial charge in [0, 0.05) is 0 Å². The van der Waals surface area contributed by atoms with Crippen LogP contribution in [-0.2, 0) is 9.59 Å². The highest BCUT2D eigenvalue weighted by Gasteiger charge is 2.48. The van der Waals surface area contributed by atoms with Crippen molar-refractivity contribution in [3.63, 3.8) is 0 Å². The molecule has 0 aromatic carbocycles. The molecule has 4 heteroatoms. The molecule has 0 radical (unpaired) electrons. The molecule has 120 valence electrons. The van der Waals surface area contributed by atoms with E-state index in [-0.39, 0.29) is 0 Å². The first kappa shape index (κ1) is 16.3. The highest BCUT2D eigenvalue weighted by atomic mass is 16.4. The summed E-state index contributed by atoms with van der Waals surface area (Å²) in [7, 11) is 0. The van der Waals surface area contributed by atoms with Gasteiger partial charge < -0.3 is 10.2 Å². The molecule has 2 saturated carbocycles. The lowest BCUT2D eigenvalue weighted by Crippen LogP contribution is -2.42. The minimum Gasteiger partial charge on any atom is -0.480 e. The predicted molar refractivity (Wildman–Crippen MR) is 80.1 cm³/mol. The van der Waals surface area contributed by atoms with Crippen LogP contribution in [0.25, 0.3) is 0 Å². The smallest absolute Gasteiger partial charge is 0.321 e. The van der Waals surface area contributed by atoms with E-state index in [2.05, 4.69) is 0 Å². The predicted octanol–water partition coefficient (Wildman–Crippen LogP) is 4.08. The molecule has 0 atom stereocenters. The Morgan fingerprint density at radius 2 is 1.29 bits per heavy atom. The fourth-order valence-electron chi connectivity index (χ4n) is 4.15. The first-order valence-corrected chi connectivity index (χ1v) is 8.51. The molecule has 0 bridgehead atoms. The number of carboxylic acid groups (broad SMARTS) is 2. The molecule has 2 aliphatic rings. The first-order valence-electron chi connectivity index (χ1n) is 8.51. The summed E-state index contributed by atoms with van der Waals surface area (Å²) in [5.41, 5.74) is -1.51. The zero-order valence-corrected chi connectivity index (χ0v) is 12.9. The number of aliphatic carboxylic acids is 2. The third-order valence-electron chi connectivity index (χ3n) is 5.73. The Kier molecular flexibility index (Phi) is 5.65. The fourth-order valence-corrected chi connectivity index (χ4v) is 4.15. The molecule has 0 unspecified atom stereocenters. The van der Waals surface area contributed by atoms with Crippen LogP contribution in [0.5, 0.6) is 0 Å². The average molecular weight is 296 g/mol. The average Bonchev–Trinajstić information content (AvgIpc) is 2.48. The van der Waals surface area contributed by atoms with Crippen molar-refractivity contribution in [1.82, 2.24) is 0 Å². The summed E-state index contributed by atoms with van der Waals surface area (Å²) in [6.45, 7) is 0. The van der Waals surface area contributed by atoms with Gasteiger partial charge in [-0.3, -0.25) is 9.59 Å². The summed E-state index contributed by atoms with van der Waals surface area (Å²) in [4.78, 5) is 22.5. The lowest BCUT2D eigenvalue weighted by Gasteiger charge is -2.33. The molecule has 4 nitrogen and oxygen atoms in total. The van der Waals surface area contributed by atoms with Crippen LogP contribution < -0.4 is 0 Å². The highest BCUT2D eigenvalue weighted by Crippen LogP contribution is 2.41. The number of carboxylic acids is 2. The van der Waals surface area contributed by atoms with Crippen molar-refractivity contribution >= 4 is 11.9 Å². The Balaban J connectivity index is 1.71. The monoisotopic (exact) mass is 296 g/mol. The van der Waals surface area contributed by atoms with Gasteiger partial charge in [-0.1, -0.05) is 51.4 Å². The van der Waals surface area contributed by atoms with Gasteiger partial charge in [0.05, 0.1) is 0 Å². The number of rotatable bonds is 6. The Morgan fingerprint density at radius 1 is 0.810 bits per heavy atom. The number of hydrogen-bond donors (Lipinski definition) is 2. The third-order valence-corrected chi connectivity index (χ3v) is 5.73. The standard InChI is InChI=1S/C17H28O4/c18-15(19)17(16(20)21)11-9-14(10-12-17)8-4-7-13-5-2-1-3-6-13/h13-14H,1-12H2,(H,18,19)(H,20,21). The molecule has 0 aromatic heterocycles. The second kappa shape index (κ2) is 7.28. The maximum Gasteiger partial charge on any atom is 0.321 e. The van der Waals surface area contributed by atoms with Gasteiger partial charge in [0.2, 0.25) is 0 Å². The van der Waals surface area contributed by atoms with E-state index in [4.69, 9.17) is 0 Å². The Hall–Kier alpha value is -1.06. The largest absolute Gasteiger partial charge is 0.480 e. The van der Waals surface area contributed by atoms with Crippen molar-refractivity contribution in [1.29, 1.82) is 0 Å². The van der Waals surface area contributed by atoms with Gasteiger partial charge >= 0.3 is 11.9 Å². The zero-order chi connectivity index (χ0) is 15.3. The lowest BCUT2D eigenvalue weighted by atomic mass is 9.69. The van der Waals surface area contributed by atoms with Gasteiger partial charge in [-0.15, -0.1) is 0 Å². The summed E-state index contributed by atoms with van der Waals surface area (Å²) in [6, 6.07) is 0. The molecule has 2 fully saturated rings. The molecule has 2 aliphatic carbocycles. The minimum absolute atomic E-state index is 0.297. The molecule has 0 spiro atoms. The summed E-state index contributed by atoms with van der Waals surface area (Å²) in [6.07, 6.45) is 12.7. The summed E-state index contributed by atoms with van der Waals surface area (Å²) < 4.78 is 0. The van der Waals surface area contributed by atoms with Crippen molar-refractivity contribution in [2.45, 2.75) is 77.0 Å². The number of hydrogen-bond acceptors (Lipinski definition) is 2. The Bertz CT molecular complexity index is 347. The van der Waals surface area contributed by atoms with Gasteiger partial charge in [0.15, 0.2) is 5.41 Å². The van der Waals surface area contributed by atoms with Crippen LogP contribution in [0.3, 0.4) is 0 Å². The molecule has 0 aromatic rings. The summed E-state index contributed by atoms with van der Waals surface area (Å²) >= 11 is 0. The first-order chi connectivity index (χ1) is 10.0. The van der Waals surface area contributed by atoms with Crippen LogP contribution in [0.4, 0.5) is 0 Å². The maximum absolute atomic E-state index is 11.3. The highest BCUT2D eigenvalue weighted by molar-refractivity contribution is 5.98. The van der Waals surface area contributed by atoms with Crippen molar-refractivity contribution < 1.29 is 19.8 Å². The molecule has 0 heterocycles. The van der Waals surface area contributed by atoms with Crippen LogP contribution >= 0.6 is 0 Å². The fraction of sp³-hybridized carbons (Fsp3) is 0.882. The topological polar surface area (TPSA) is 74.6 Å². The second-order valence-electron chi connectivity index (χ2n) is 7.07. The maximum atomic E-state index is 11.3. The number of carbonyl (C=O) groups is 2. The minimum atomic E-state index is -1.51. The quantitative estimate of drug-likeness (QED) is 0.724. The molecule has 0 saturated heterocycles. The molecular formula is C17H28O4. The van der Waals surface area contributed by atoms with Gasteiger partial charge in [0.25, 0.3) is 0 Å². The van der Waals surface area contributed by atoms with Crippen LogP contribution in [0.1, 0.15) is 77.0 Å². The second-order valence-corrected chi connectivity index (χ2v) is 7.07. The van der Waals surface area contributed by atoms with Crippen LogP contribution in [0, 0.1) is 17.3 Å². The molecule has 21 heavy (non-hydrogen) atoms. The van der Waals surface area contributed by atoms with E-state index in [1.54, 1.807) is 0 Å². The van der Waals surface area contributed by atoms with E-state index in [0.29, 0.717) is 18.8 Å². The van der Waals surface area contributed by atoms with E-state index in [1.165, 1.54) is 44.9 Å². The molecular weight excluding hydrogens is 268 g/mol. The lowest BCUT2D eigenvalue weighted by molar-refractivity contribution is -0.168. The van der Waals surface area contributed by atoms with Crippen LogP contribution in [0.2, 0.25) is 0 Å². The third kappa shape index (κ3) is 3.98. The van der Waals surface area contributed by atoms with Gasteiger partial charge in [-0.05, 0) is 37.5 Å². The molecule has 2 rings (SSSR count). The van der Waals surface area contributed by atoms with E-state index in [1.807, 2.05) is 0 Å². The van der Waals surface area contributed by atoms with Gasteiger partial charge in [-0.2, -0.15) is 0 Å². The van der Waals surface area contributed by atoms with Gasteiger partial charge in [0.1, 0.15) is 0 Å². The summed E-state index contributed by atoms with van der Waals surface area (Å²) in [5.74, 6) is -0.883. The summed E-state index contributed by atoms with van der Waals surface area (Å²) in [5, 5.41) is 18.4. The van der Waals surface area contributed by atoms with E-state index >= 15 is 0 Å². The van der Waals surface area contributed by atoms with Gasteiger partial charge in [-0.25, -0.2) is 0 Å². The van der Waals surface area contributed by atoms with E-state index in [9.17, 15) is 19.8 Å². The SMILES string of the molecule is O=C(O)C1(C(=O)O)CCC(CCCC2CCCCC2)CC1. The molecule has 0 amide bonds. The van der Waals surface area contributed by atoms with Crippen molar-refractivity contribution in [3.05, 3.63) is 0 Å². The van der Waals surface area contributed by atoms with Crippen molar-refractivity contribution in [2.24, 2.45) is 17.3 Å². The van der Waals surface area contributed by atoms with E-state index in [0.717, 1.165) is 25.2 Å². The van der Waals surface area contributed by atoms with Crippen molar-refractivity contribution in [2.75, 3.05) is 0 Å². The van der Waals surface area contributed by atoms with E-state index < -0.39 is 17.4 Å². The Morgan fingerprint density at radius 3 is 1.76 bits per heavy atom. The van der Waals surface area contributed by atoms with Crippen LogP contribution in [-0.4, -0.2) is 22.2 Å². The molecule has 0 aliphatic heterocycles. The normalized spacial score (nSPS) is 23.8.